The Labute approximate surface area is 110 Å². The fourth-order valence-electron chi connectivity index (χ4n) is 1.58. The number of aromatic nitrogens is 1. The van der Waals surface area contributed by atoms with Gasteiger partial charge in [0, 0.05) is 19.3 Å². The van der Waals surface area contributed by atoms with Crippen molar-refractivity contribution in [2.45, 2.75) is 44.9 Å². The molecule has 0 radical (unpaired) electrons. The van der Waals surface area contributed by atoms with Crippen molar-refractivity contribution < 1.29 is 9.47 Å². The maximum Gasteiger partial charge on any atom is 0.114 e. The van der Waals surface area contributed by atoms with E-state index in [1.165, 1.54) is 0 Å². The van der Waals surface area contributed by atoms with Crippen LogP contribution in [0.3, 0.4) is 0 Å². The average molecular weight is 252 g/mol. The van der Waals surface area contributed by atoms with Crippen molar-refractivity contribution >= 4 is 0 Å². The summed E-state index contributed by atoms with van der Waals surface area (Å²) >= 11 is 0. The van der Waals surface area contributed by atoms with Gasteiger partial charge in [-0.25, -0.2) is 0 Å². The van der Waals surface area contributed by atoms with Gasteiger partial charge in [0.2, 0.25) is 0 Å². The van der Waals surface area contributed by atoms with E-state index < -0.39 is 0 Å². The molecule has 2 unspecified atom stereocenters. The van der Waals surface area contributed by atoms with Crippen molar-refractivity contribution in [3.8, 4) is 0 Å². The summed E-state index contributed by atoms with van der Waals surface area (Å²) in [6, 6.07) is 5.68. The fraction of sp³-hybridized carbons (Fsp3) is 0.643. The maximum absolute atomic E-state index is 5.95. The second-order valence-electron chi connectivity index (χ2n) is 5.12. The predicted molar refractivity (Wildman–Crippen MR) is 72.3 cm³/mol. The summed E-state index contributed by atoms with van der Waals surface area (Å²) in [6.45, 7) is 6.61. The summed E-state index contributed by atoms with van der Waals surface area (Å²) in [5.41, 5.74) is 6.66. The number of rotatable bonds is 7. The number of hydrogen-bond donors (Lipinski definition) is 1. The van der Waals surface area contributed by atoms with Crippen LogP contribution in [0.25, 0.3) is 0 Å². The van der Waals surface area contributed by atoms with Crippen molar-refractivity contribution in [1.82, 2.24) is 4.98 Å². The monoisotopic (exact) mass is 252 g/mol. The van der Waals surface area contributed by atoms with Gasteiger partial charge in [-0.1, -0.05) is 6.07 Å². The Balaban J connectivity index is 2.55. The molecule has 4 nitrogen and oxygen atoms in total. The van der Waals surface area contributed by atoms with Crippen molar-refractivity contribution in [2.75, 3.05) is 13.7 Å². The summed E-state index contributed by atoms with van der Waals surface area (Å²) in [5.74, 6) is 0. The van der Waals surface area contributed by atoms with E-state index in [0.29, 0.717) is 6.61 Å². The first-order valence-electron chi connectivity index (χ1n) is 6.29. The third-order valence-corrected chi connectivity index (χ3v) is 3.01. The van der Waals surface area contributed by atoms with Gasteiger partial charge in [0.1, 0.15) is 6.10 Å². The second-order valence-corrected chi connectivity index (χ2v) is 5.12. The van der Waals surface area contributed by atoms with Crippen LogP contribution < -0.4 is 5.73 Å². The quantitative estimate of drug-likeness (QED) is 0.809. The molecule has 18 heavy (non-hydrogen) atoms. The highest BCUT2D eigenvalue weighted by atomic mass is 16.5. The summed E-state index contributed by atoms with van der Waals surface area (Å²) in [7, 11) is 1.71. The molecule has 0 bridgehead atoms. The van der Waals surface area contributed by atoms with Gasteiger partial charge >= 0.3 is 0 Å². The van der Waals surface area contributed by atoms with Gasteiger partial charge in [-0.05, 0) is 39.3 Å². The number of hydrogen-bond acceptors (Lipinski definition) is 4. The van der Waals surface area contributed by atoms with E-state index in [9.17, 15) is 0 Å². The van der Waals surface area contributed by atoms with Gasteiger partial charge in [0.05, 0.1) is 17.9 Å². The minimum atomic E-state index is -0.174. The number of pyridine rings is 1. The number of methoxy groups -OCH3 is 1. The first kappa shape index (κ1) is 15.1. The van der Waals surface area contributed by atoms with Crippen LogP contribution in [0, 0.1) is 0 Å². The topological polar surface area (TPSA) is 57.4 Å². The Morgan fingerprint density at radius 3 is 2.61 bits per heavy atom. The third kappa shape index (κ3) is 4.72. The Morgan fingerprint density at radius 2 is 2.11 bits per heavy atom. The summed E-state index contributed by atoms with van der Waals surface area (Å²) in [5, 5.41) is 0. The molecule has 0 amide bonds. The van der Waals surface area contributed by atoms with E-state index >= 15 is 0 Å². The highest BCUT2D eigenvalue weighted by Gasteiger charge is 2.21. The summed E-state index contributed by atoms with van der Waals surface area (Å²) in [6.07, 6.45) is 2.41. The van der Waals surface area contributed by atoms with E-state index in [1.807, 2.05) is 39.0 Å². The van der Waals surface area contributed by atoms with Gasteiger partial charge in [-0.2, -0.15) is 0 Å². The highest BCUT2D eigenvalue weighted by molar-refractivity contribution is 5.08. The van der Waals surface area contributed by atoms with Crippen molar-refractivity contribution in [2.24, 2.45) is 5.73 Å². The van der Waals surface area contributed by atoms with Crippen LogP contribution in [-0.2, 0) is 9.47 Å². The van der Waals surface area contributed by atoms with Crippen molar-refractivity contribution in [3.63, 3.8) is 0 Å². The molecular formula is C14H24N2O2. The average Bonchev–Trinajstić information content (AvgIpc) is 2.35. The molecule has 0 spiro atoms. The molecular weight excluding hydrogens is 228 g/mol. The standard InChI is InChI=1S/C14H24N2O2/c1-11(15)13(12-7-5-6-9-16-12)18-10-8-14(2,3)17-4/h5-7,9,11,13H,8,10,15H2,1-4H3. The molecule has 0 fully saturated rings. The zero-order valence-electron chi connectivity index (χ0n) is 11.7. The van der Waals surface area contributed by atoms with Crippen molar-refractivity contribution in [3.05, 3.63) is 30.1 Å². The Kier molecular flexibility index (Phi) is 5.72. The SMILES string of the molecule is COC(C)(C)CCOC(c1ccccn1)C(C)N. The van der Waals surface area contributed by atoms with Gasteiger partial charge in [0.25, 0.3) is 0 Å². The van der Waals surface area contributed by atoms with E-state index in [0.717, 1.165) is 12.1 Å². The molecule has 0 saturated heterocycles. The van der Waals surface area contributed by atoms with Gasteiger partial charge in [0.15, 0.2) is 0 Å². The predicted octanol–water partition coefficient (Wildman–Crippen LogP) is 2.30. The minimum absolute atomic E-state index is 0.0921. The minimum Gasteiger partial charge on any atom is -0.379 e. The van der Waals surface area contributed by atoms with Crippen LogP contribution in [-0.4, -0.2) is 30.3 Å². The summed E-state index contributed by atoms with van der Waals surface area (Å²) in [4.78, 5) is 4.30. The van der Waals surface area contributed by atoms with Gasteiger partial charge in [-0.15, -0.1) is 0 Å². The second kappa shape index (κ2) is 6.83. The molecule has 1 heterocycles. The molecule has 2 N–H and O–H groups in total. The normalized spacial score (nSPS) is 15.4. The van der Waals surface area contributed by atoms with Crippen LogP contribution in [0.1, 0.15) is 39.0 Å². The molecule has 1 aromatic heterocycles. The molecule has 0 aliphatic rings. The molecule has 1 aromatic rings. The van der Waals surface area contributed by atoms with Crippen LogP contribution in [0.5, 0.6) is 0 Å². The Bertz CT molecular complexity index is 339. The lowest BCUT2D eigenvalue weighted by atomic mass is 10.1. The van der Waals surface area contributed by atoms with Crippen LogP contribution in [0.15, 0.2) is 24.4 Å². The number of nitrogens with two attached hydrogens (primary N) is 1. The zero-order valence-corrected chi connectivity index (χ0v) is 11.7. The lowest BCUT2D eigenvalue weighted by Crippen LogP contribution is -2.30. The summed E-state index contributed by atoms with van der Waals surface area (Å²) < 4.78 is 11.2. The number of nitrogens with zero attached hydrogens (tertiary/aromatic N) is 1. The van der Waals surface area contributed by atoms with E-state index in [-0.39, 0.29) is 17.7 Å². The zero-order chi connectivity index (χ0) is 13.6. The lowest BCUT2D eigenvalue weighted by molar-refractivity contribution is -0.0327. The molecule has 1 rings (SSSR count). The number of ether oxygens (including phenoxy) is 2. The maximum atomic E-state index is 5.95. The van der Waals surface area contributed by atoms with Gasteiger partial charge in [-0.3, -0.25) is 4.98 Å². The highest BCUT2D eigenvalue weighted by Crippen LogP contribution is 2.20. The van der Waals surface area contributed by atoms with Gasteiger partial charge < -0.3 is 15.2 Å². The van der Waals surface area contributed by atoms with E-state index in [2.05, 4.69) is 4.98 Å². The fourth-order valence-corrected chi connectivity index (χ4v) is 1.58. The molecule has 102 valence electrons. The largest absolute Gasteiger partial charge is 0.379 e. The van der Waals surface area contributed by atoms with Crippen LogP contribution in [0.4, 0.5) is 0 Å². The van der Waals surface area contributed by atoms with Crippen LogP contribution in [0.2, 0.25) is 0 Å². The Hall–Kier alpha value is -0.970. The van der Waals surface area contributed by atoms with Crippen LogP contribution >= 0.6 is 0 Å². The molecule has 0 aromatic carbocycles. The van der Waals surface area contributed by atoms with E-state index in [1.54, 1.807) is 13.3 Å². The first-order valence-corrected chi connectivity index (χ1v) is 6.29. The Morgan fingerprint density at radius 1 is 1.39 bits per heavy atom. The molecule has 4 heteroatoms. The van der Waals surface area contributed by atoms with Crippen molar-refractivity contribution in [1.29, 1.82) is 0 Å². The lowest BCUT2D eigenvalue weighted by Gasteiger charge is -2.26. The molecule has 0 aliphatic heterocycles. The first-order chi connectivity index (χ1) is 8.46. The molecule has 0 aliphatic carbocycles. The smallest absolute Gasteiger partial charge is 0.114 e. The van der Waals surface area contributed by atoms with E-state index in [4.69, 9.17) is 15.2 Å². The molecule has 2 atom stereocenters. The third-order valence-electron chi connectivity index (χ3n) is 3.01. The molecule has 0 saturated carbocycles.